The van der Waals surface area contributed by atoms with Crippen molar-refractivity contribution in [3.05, 3.63) is 42.5 Å². The molecule has 0 saturated carbocycles. The van der Waals surface area contributed by atoms with E-state index in [2.05, 4.69) is 10.2 Å². The van der Waals surface area contributed by atoms with Gasteiger partial charge in [-0.25, -0.2) is 0 Å². The van der Waals surface area contributed by atoms with Gasteiger partial charge in [0.05, 0.1) is 5.60 Å². The molecular formula is C13H17N3O. The molecular weight excluding hydrogens is 214 g/mol. The molecule has 0 N–H and O–H groups in total. The molecule has 0 radical (unpaired) electrons. The second-order valence-corrected chi connectivity index (χ2v) is 4.59. The number of benzene rings is 1. The van der Waals surface area contributed by atoms with E-state index in [1.807, 2.05) is 48.7 Å². The summed E-state index contributed by atoms with van der Waals surface area (Å²) in [7, 11) is 1.71. The van der Waals surface area contributed by atoms with E-state index in [0.717, 1.165) is 17.9 Å². The fourth-order valence-electron chi connectivity index (χ4n) is 1.64. The number of rotatable bonds is 4. The lowest BCUT2D eigenvalue weighted by atomic mass is 10.0. The lowest BCUT2D eigenvalue weighted by molar-refractivity contribution is 0.0212. The van der Waals surface area contributed by atoms with Crippen molar-refractivity contribution in [3.8, 4) is 5.69 Å². The molecule has 0 aliphatic rings. The normalized spacial score (nSPS) is 11.7. The molecule has 0 saturated heterocycles. The van der Waals surface area contributed by atoms with Crippen molar-refractivity contribution in [1.29, 1.82) is 0 Å². The first-order valence-electron chi connectivity index (χ1n) is 5.62. The van der Waals surface area contributed by atoms with Crippen LogP contribution in [0.2, 0.25) is 0 Å². The zero-order valence-electron chi connectivity index (χ0n) is 10.4. The van der Waals surface area contributed by atoms with Gasteiger partial charge in [0.25, 0.3) is 0 Å². The van der Waals surface area contributed by atoms with Gasteiger partial charge in [0, 0.05) is 19.2 Å². The third-order valence-corrected chi connectivity index (χ3v) is 2.79. The predicted octanol–water partition coefficient (Wildman–Crippen LogP) is 2.23. The molecule has 1 heterocycles. The number of hydrogen-bond acceptors (Lipinski definition) is 3. The van der Waals surface area contributed by atoms with Gasteiger partial charge >= 0.3 is 0 Å². The zero-order chi connectivity index (χ0) is 12.3. The Labute approximate surface area is 101 Å². The van der Waals surface area contributed by atoms with Gasteiger partial charge < -0.3 is 4.74 Å². The van der Waals surface area contributed by atoms with Crippen molar-refractivity contribution in [2.45, 2.75) is 25.9 Å². The van der Waals surface area contributed by atoms with E-state index in [-0.39, 0.29) is 5.60 Å². The maximum atomic E-state index is 5.42. The number of methoxy groups -OCH3 is 1. The van der Waals surface area contributed by atoms with E-state index in [1.54, 1.807) is 13.4 Å². The lowest BCUT2D eigenvalue weighted by Crippen LogP contribution is -2.27. The second-order valence-electron chi connectivity index (χ2n) is 4.59. The van der Waals surface area contributed by atoms with Crippen LogP contribution >= 0.6 is 0 Å². The summed E-state index contributed by atoms with van der Waals surface area (Å²) in [6.45, 7) is 4.08. The Morgan fingerprint density at radius 3 is 2.59 bits per heavy atom. The monoisotopic (exact) mass is 231 g/mol. The van der Waals surface area contributed by atoms with Crippen molar-refractivity contribution >= 4 is 0 Å². The number of hydrogen-bond donors (Lipinski definition) is 0. The van der Waals surface area contributed by atoms with Crippen molar-refractivity contribution in [3.63, 3.8) is 0 Å². The number of ether oxygens (including phenoxy) is 1. The SMILES string of the molecule is COC(C)(C)Cc1nncn1-c1ccccc1. The van der Waals surface area contributed by atoms with Crippen LogP contribution in [0.4, 0.5) is 0 Å². The highest BCUT2D eigenvalue weighted by atomic mass is 16.5. The smallest absolute Gasteiger partial charge is 0.140 e. The summed E-state index contributed by atoms with van der Waals surface area (Å²) in [5.41, 5.74) is 0.832. The van der Waals surface area contributed by atoms with Crippen molar-refractivity contribution < 1.29 is 4.74 Å². The zero-order valence-corrected chi connectivity index (χ0v) is 10.4. The van der Waals surface area contributed by atoms with E-state index < -0.39 is 0 Å². The highest BCUT2D eigenvalue weighted by Gasteiger charge is 2.21. The largest absolute Gasteiger partial charge is 0.378 e. The molecule has 0 aliphatic carbocycles. The molecule has 2 rings (SSSR count). The van der Waals surface area contributed by atoms with Gasteiger partial charge in [-0.15, -0.1) is 10.2 Å². The van der Waals surface area contributed by atoms with Gasteiger partial charge in [-0.1, -0.05) is 18.2 Å². The molecule has 0 aliphatic heterocycles. The van der Waals surface area contributed by atoms with Gasteiger partial charge in [-0.05, 0) is 26.0 Å². The molecule has 17 heavy (non-hydrogen) atoms. The average Bonchev–Trinajstić information content (AvgIpc) is 2.77. The Kier molecular flexibility index (Phi) is 3.24. The molecule has 0 amide bonds. The summed E-state index contributed by atoms with van der Waals surface area (Å²) in [6, 6.07) is 10.1. The maximum Gasteiger partial charge on any atom is 0.140 e. The Bertz CT molecular complexity index is 476. The summed E-state index contributed by atoms with van der Waals surface area (Å²) >= 11 is 0. The van der Waals surface area contributed by atoms with Crippen LogP contribution in [0.25, 0.3) is 5.69 Å². The molecule has 2 aromatic rings. The average molecular weight is 231 g/mol. The van der Waals surface area contributed by atoms with Crippen LogP contribution in [0.3, 0.4) is 0 Å². The van der Waals surface area contributed by atoms with Gasteiger partial charge in [0.1, 0.15) is 12.2 Å². The van der Waals surface area contributed by atoms with Gasteiger partial charge in [0.15, 0.2) is 0 Å². The number of nitrogens with zero attached hydrogens (tertiary/aromatic N) is 3. The minimum absolute atomic E-state index is 0.237. The van der Waals surface area contributed by atoms with Crippen molar-refractivity contribution in [2.24, 2.45) is 0 Å². The van der Waals surface area contributed by atoms with E-state index in [1.165, 1.54) is 0 Å². The first-order chi connectivity index (χ1) is 8.12. The highest BCUT2D eigenvalue weighted by Crippen LogP contribution is 2.17. The molecule has 1 aromatic carbocycles. The molecule has 4 nitrogen and oxygen atoms in total. The fourth-order valence-corrected chi connectivity index (χ4v) is 1.64. The summed E-state index contributed by atoms with van der Waals surface area (Å²) in [5, 5.41) is 8.13. The molecule has 0 spiro atoms. The Balaban J connectivity index is 2.30. The minimum atomic E-state index is -0.237. The fraction of sp³-hybridized carbons (Fsp3) is 0.385. The first kappa shape index (κ1) is 11.8. The van der Waals surface area contributed by atoms with Crippen LogP contribution in [0, 0.1) is 0 Å². The Morgan fingerprint density at radius 1 is 1.24 bits per heavy atom. The standard InChI is InChI=1S/C13H17N3O/c1-13(2,17-3)9-12-15-14-10-16(12)11-7-5-4-6-8-11/h4-8,10H,9H2,1-3H3. The molecule has 1 aromatic heterocycles. The molecule has 0 fully saturated rings. The summed E-state index contributed by atoms with van der Waals surface area (Å²) in [5.74, 6) is 0.906. The van der Waals surface area contributed by atoms with Crippen LogP contribution < -0.4 is 0 Å². The van der Waals surface area contributed by atoms with Gasteiger partial charge in [-0.2, -0.15) is 0 Å². The Morgan fingerprint density at radius 2 is 1.94 bits per heavy atom. The third-order valence-electron chi connectivity index (χ3n) is 2.79. The summed E-state index contributed by atoms with van der Waals surface area (Å²) < 4.78 is 7.41. The molecule has 90 valence electrons. The number of aromatic nitrogens is 3. The van der Waals surface area contributed by atoms with Crippen LogP contribution in [-0.4, -0.2) is 27.5 Å². The van der Waals surface area contributed by atoms with Crippen LogP contribution in [0.1, 0.15) is 19.7 Å². The first-order valence-corrected chi connectivity index (χ1v) is 5.62. The Hall–Kier alpha value is -1.68. The van der Waals surface area contributed by atoms with Crippen LogP contribution in [-0.2, 0) is 11.2 Å². The highest BCUT2D eigenvalue weighted by molar-refractivity contribution is 5.32. The second kappa shape index (κ2) is 4.67. The van der Waals surface area contributed by atoms with Crippen molar-refractivity contribution in [1.82, 2.24) is 14.8 Å². The minimum Gasteiger partial charge on any atom is -0.378 e. The summed E-state index contributed by atoms with van der Waals surface area (Å²) in [4.78, 5) is 0. The molecule has 0 unspecified atom stereocenters. The van der Waals surface area contributed by atoms with Gasteiger partial charge in [0.2, 0.25) is 0 Å². The lowest BCUT2D eigenvalue weighted by Gasteiger charge is -2.22. The quantitative estimate of drug-likeness (QED) is 0.810. The molecule has 0 bridgehead atoms. The van der Waals surface area contributed by atoms with Crippen molar-refractivity contribution in [2.75, 3.05) is 7.11 Å². The predicted molar refractivity (Wildman–Crippen MR) is 66.2 cm³/mol. The third kappa shape index (κ3) is 2.71. The van der Waals surface area contributed by atoms with Gasteiger partial charge in [-0.3, -0.25) is 4.57 Å². The maximum absolute atomic E-state index is 5.42. The molecule has 0 atom stereocenters. The van der Waals surface area contributed by atoms with E-state index in [0.29, 0.717) is 0 Å². The topological polar surface area (TPSA) is 39.9 Å². The van der Waals surface area contributed by atoms with E-state index >= 15 is 0 Å². The van der Waals surface area contributed by atoms with Crippen LogP contribution in [0.15, 0.2) is 36.7 Å². The summed E-state index contributed by atoms with van der Waals surface area (Å²) in [6.07, 6.45) is 2.45. The van der Waals surface area contributed by atoms with E-state index in [9.17, 15) is 0 Å². The van der Waals surface area contributed by atoms with E-state index in [4.69, 9.17) is 4.74 Å². The van der Waals surface area contributed by atoms with Crippen LogP contribution in [0.5, 0.6) is 0 Å². The number of para-hydroxylation sites is 1. The molecule has 4 heteroatoms.